The molecule has 2 heterocycles. The standard InChI is InChI=1S/C20H22N2OS3/c1-13(2)25-18-7-5-4-6-16(18)20(23)21-11-10-15-8-9-19(26-15)17-12-24-14(3)22-17/h4-9,12-13H,10-11H2,1-3H3,(H,21,23). The molecular formula is C20H22N2OS3. The van der Waals surface area contributed by atoms with E-state index in [1.165, 1.54) is 9.75 Å². The summed E-state index contributed by atoms with van der Waals surface area (Å²) in [6.07, 6.45) is 0.832. The SMILES string of the molecule is Cc1nc(-c2ccc(CCNC(=O)c3ccccc3SC(C)C)s2)cs1. The molecule has 0 bridgehead atoms. The highest BCUT2D eigenvalue weighted by Crippen LogP contribution is 2.29. The van der Waals surface area contributed by atoms with Crippen molar-refractivity contribution in [1.82, 2.24) is 10.3 Å². The first-order valence-corrected chi connectivity index (χ1v) is 11.2. The van der Waals surface area contributed by atoms with E-state index in [0.29, 0.717) is 11.8 Å². The molecule has 0 radical (unpaired) electrons. The van der Waals surface area contributed by atoms with E-state index < -0.39 is 0 Å². The number of benzene rings is 1. The van der Waals surface area contributed by atoms with E-state index in [1.807, 2.05) is 31.2 Å². The second-order valence-corrected chi connectivity index (χ2v) is 10.0. The van der Waals surface area contributed by atoms with Gasteiger partial charge in [0.1, 0.15) is 0 Å². The quantitative estimate of drug-likeness (QED) is 0.519. The number of carbonyl (C=O) groups excluding carboxylic acids is 1. The van der Waals surface area contributed by atoms with E-state index in [9.17, 15) is 4.79 Å². The van der Waals surface area contributed by atoms with Crippen LogP contribution in [0.4, 0.5) is 0 Å². The highest BCUT2D eigenvalue weighted by atomic mass is 32.2. The van der Waals surface area contributed by atoms with Gasteiger partial charge >= 0.3 is 0 Å². The van der Waals surface area contributed by atoms with Gasteiger partial charge in [-0.1, -0.05) is 26.0 Å². The van der Waals surface area contributed by atoms with Crippen molar-refractivity contribution in [3.63, 3.8) is 0 Å². The van der Waals surface area contributed by atoms with Crippen molar-refractivity contribution in [2.45, 2.75) is 37.3 Å². The Morgan fingerprint density at radius 2 is 2.04 bits per heavy atom. The van der Waals surface area contributed by atoms with Crippen molar-refractivity contribution >= 4 is 40.3 Å². The lowest BCUT2D eigenvalue weighted by Crippen LogP contribution is -2.26. The molecule has 1 aromatic carbocycles. The maximum absolute atomic E-state index is 12.5. The smallest absolute Gasteiger partial charge is 0.252 e. The van der Waals surface area contributed by atoms with Crippen LogP contribution in [0, 0.1) is 6.92 Å². The summed E-state index contributed by atoms with van der Waals surface area (Å²) in [7, 11) is 0. The highest BCUT2D eigenvalue weighted by Gasteiger charge is 2.12. The molecule has 0 saturated carbocycles. The Balaban J connectivity index is 1.57. The summed E-state index contributed by atoms with van der Waals surface area (Å²) >= 11 is 5.14. The number of hydrogen-bond donors (Lipinski definition) is 1. The van der Waals surface area contributed by atoms with E-state index in [2.05, 4.69) is 41.7 Å². The van der Waals surface area contributed by atoms with Crippen LogP contribution in [0.5, 0.6) is 0 Å². The monoisotopic (exact) mass is 402 g/mol. The van der Waals surface area contributed by atoms with Gasteiger partial charge < -0.3 is 5.32 Å². The molecule has 1 N–H and O–H groups in total. The zero-order valence-electron chi connectivity index (χ0n) is 15.1. The molecule has 0 atom stereocenters. The average Bonchev–Trinajstić information content (AvgIpc) is 3.23. The first-order chi connectivity index (χ1) is 12.5. The third-order valence-corrected chi connectivity index (χ3v) is 6.71. The van der Waals surface area contributed by atoms with Gasteiger partial charge in [-0.2, -0.15) is 0 Å². The number of amides is 1. The molecule has 136 valence electrons. The minimum atomic E-state index is 0.000607. The third-order valence-electron chi connectivity index (χ3n) is 3.68. The van der Waals surface area contributed by atoms with E-state index in [0.717, 1.165) is 27.6 Å². The lowest BCUT2D eigenvalue weighted by Gasteiger charge is -2.11. The summed E-state index contributed by atoms with van der Waals surface area (Å²) < 4.78 is 0. The predicted molar refractivity (Wildman–Crippen MR) is 114 cm³/mol. The van der Waals surface area contributed by atoms with Crippen LogP contribution in [0.25, 0.3) is 10.6 Å². The minimum absolute atomic E-state index is 0.000607. The molecule has 0 saturated heterocycles. The Hall–Kier alpha value is -1.63. The van der Waals surface area contributed by atoms with Crippen LogP contribution in [0.15, 0.2) is 46.7 Å². The number of aromatic nitrogens is 1. The topological polar surface area (TPSA) is 42.0 Å². The summed E-state index contributed by atoms with van der Waals surface area (Å²) in [5.74, 6) is 0.000607. The molecule has 1 amide bonds. The van der Waals surface area contributed by atoms with Crippen LogP contribution in [0.1, 0.15) is 34.1 Å². The maximum atomic E-state index is 12.5. The summed E-state index contributed by atoms with van der Waals surface area (Å²) in [6.45, 7) is 6.93. The molecule has 0 aliphatic carbocycles. The van der Waals surface area contributed by atoms with Gasteiger partial charge in [-0.05, 0) is 37.6 Å². The summed E-state index contributed by atoms with van der Waals surface area (Å²) in [5, 5.41) is 6.68. The minimum Gasteiger partial charge on any atom is -0.352 e. The second-order valence-electron chi connectivity index (χ2n) is 6.19. The van der Waals surface area contributed by atoms with Gasteiger partial charge in [0.05, 0.1) is 21.1 Å². The molecule has 3 aromatic rings. The molecule has 3 rings (SSSR count). The van der Waals surface area contributed by atoms with Gasteiger partial charge in [0.2, 0.25) is 0 Å². The largest absolute Gasteiger partial charge is 0.352 e. The summed E-state index contributed by atoms with van der Waals surface area (Å²) in [6, 6.07) is 12.1. The molecule has 0 aliphatic heterocycles. The number of nitrogens with zero attached hydrogens (tertiary/aromatic N) is 1. The second kappa shape index (κ2) is 8.84. The Labute approximate surface area is 166 Å². The molecule has 26 heavy (non-hydrogen) atoms. The zero-order valence-corrected chi connectivity index (χ0v) is 17.6. The van der Waals surface area contributed by atoms with E-state index in [4.69, 9.17) is 0 Å². The lowest BCUT2D eigenvalue weighted by molar-refractivity contribution is 0.0951. The van der Waals surface area contributed by atoms with E-state index in [1.54, 1.807) is 34.4 Å². The molecule has 0 aliphatic rings. The van der Waals surface area contributed by atoms with Crippen molar-refractivity contribution in [2.75, 3.05) is 6.54 Å². The number of carbonyl (C=O) groups is 1. The van der Waals surface area contributed by atoms with Gasteiger partial charge in [-0.3, -0.25) is 4.79 Å². The van der Waals surface area contributed by atoms with Gasteiger partial charge in [0, 0.05) is 26.9 Å². The first-order valence-electron chi connectivity index (χ1n) is 8.58. The molecule has 6 heteroatoms. The van der Waals surface area contributed by atoms with Gasteiger partial charge in [0.15, 0.2) is 0 Å². The average molecular weight is 403 g/mol. The zero-order chi connectivity index (χ0) is 18.5. The fourth-order valence-corrected chi connectivity index (χ4v) is 5.14. The van der Waals surface area contributed by atoms with Crippen LogP contribution in [-0.2, 0) is 6.42 Å². The Morgan fingerprint density at radius 3 is 2.77 bits per heavy atom. The van der Waals surface area contributed by atoms with Crippen molar-refractivity contribution < 1.29 is 4.79 Å². The molecular weight excluding hydrogens is 380 g/mol. The van der Waals surface area contributed by atoms with Crippen LogP contribution in [-0.4, -0.2) is 22.7 Å². The third kappa shape index (κ3) is 4.96. The maximum Gasteiger partial charge on any atom is 0.252 e. The van der Waals surface area contributed by atoms with E-state index >= 15 is 0 Å². The van der Waals surface area contributed by atoms with Crippen LogP contribution >= 0.6 is 34.4 Å². The van der Waals surface area contributed by atoms with Crippen LogP contribution in [0.3, 0.4) is 0 Å². The molecule has 3 nitrogen and oxygen atoms in total. The van der Waals surface area contributed by atoms with Gasteiger partial charge in [-0.25, -0.2) is 4.98 Å². The summed E-state index contributed by atoms with van der Waals surface area (Å²) in [5.41, 5.74) is 1.81. The van der Waals surface area contributed by atoms with Crippen LogP contribution in [0.2, 0.25) is 0 Å². The van der Waals surface area contributed by atoms with Crippen molar-refractivity contribution in [3.05, 3.63) is 57.2 Å². The fraction of sp³-hybridized carbons (Fsp3) is 0.300. The lowest BCUT2D eigenvalue weighted by atomic mass is 10.2. The fourth-order valence-electron chi connectivity index (χ4n) is 2.53. The van der Waals surface area contributed by atoms with E-state index in [-0.39, 0.29) is 5.91 Å². The van der Waals surface area contributed by atoms with Gasteiger partial charge in [-0.15, -0.1) is 34.4 Å². The molecule has 0 fully saturated rings. The Kier molecular flexibility index (Phi) is 6.51. The van der Waals surface area contributed by atoms with Gasteiger partial charge in [0.25, 0.3) is 5.91 Å². The number of thiazole rings is 1. The number of hydrogen-bond acceptors (Lipinski definition) is 5. The Morgan fingerprint density at radius 1 is 1.23 bits per heavy atom. The number of rotatable bonds is 7. The van der Waals surface area contributed by atoms with Crippen molar-refractivity contribution in [3.8, 4) is 10.6 Å². The molecule has 0 spiro atoms. The summed E-state index contributed by atoms with van der Waals surface area (Å²) in [4.78, 5) is 20.6. The number of aryl methyl sites for hydroxylation is 1. The number of nitrogens with one attached hydrogen (secondary N) is 1. The highest BCUT2D eigenvalue weighted by molar-refractivity contribution is 8.00. The molecule has 0 unspecified atom stereocenters. The molecule has 2 aromatic heterocycles. The first kappa shape index (κ1) is 19.1. The normalized spacial score (nSPS) is 11.1. The van der Waals surface area contributed by atoms with Crippen molar-refractivity contribution in [1.29, 1.82) is 0 Å². The predicted octanol–water partition coefficient (Wildman–Crippen LogP) is 5.65. The number of thioether (sulfide) groups is 1. The van der Waals surface area contributed by atoms with Crippen molar-refractivity contribution in [2.24, 2.45) is 0 Å². The Bertz CT molecular complexity index is 883. The number of thiophene rings is 1. The van der Waals surface area contributed by atoms with Crippen LogP contribution < -0.4 is 5.32 Å².